The Bertz CT molecular complexity index is 1300. The topological polar surface area (TPSA) is 67.2 Å². The van der Waals surface area contributed by atoms with Crippen molar-refractivity contribution in [3.05, 3.63) is 79.6 Å². The number of aromatic nitrogens is 2. The summed E-state index contributed by atoms with van der Waals surface area (Å²) in [5, 5.41) is 7.01. The number of hydrogen-bond acceptors (Lipinski definition) is 6. The van der Waals surface area contributed by atoms with E-state index in [0.29, 0.717) is 36.8 Å². The minimum Gasteiger partial charge on any atom is -0.351 e. The van der Waals surface area contributed by atoms with E-state index in [1.807, 2.05) is 29.0 Å². The van der Waals surface area contributed by atoms with Crippen molar-refractivity contribution in [2.75, 3.05) is 18.0 Å². The highest BCUT2D eigenvalue weighted by molar-refractivity contribution is 7.17. The van der Waals surface area contributed by atoms with Gasteiger partial charge in [0.05, 0.1) is 18.6 Å². The summed E-state index contributed by atoms with van der Waals surface area (Å²) in [4.78, 5) is 34.2. The van der Waals surface area contributed by atoms with Crippen molar-refractivity contribution < 1.29 is 4.79 Å². The van der Waals surface area contributed by atoms with Crippen LogP contribution in [0.1, 0.15) is 28.8 Å². The monoisotopic (exact) mass is 478 g/mol. The smallest absolute Gasteiger partial charge is 0.273 e. The molecular weight excluding hydrogens is 452 g/mol. The van der Waals surface area contributed by atoms with Crippen LogP contribution in [0, 0.1) is 12.8 Å². The van der Waals surface area contributed by atoms with Gasteiger partial charge in [0, 0.05) is 23.9 Å². The minimum atomic E-state index is -0.0108. The number of fused-ring (bicyclic) bond motifs is 1. The molecule has 0 atom stereocenters. The largest absolute Gasteiger partial charge is 0.351 e. The molecule has 5 rings (SSSR count). The highest BCUT2D eigenvalue weighted by Crippen LogP contribution is 2.25. The van der Waals surface area contributed by atoms with Crippen LogP contribution in [0.15, 0.2) is 58.0 Å². The molecule has 0 unspecified atom stereocenters. The molecular formula is C25H26N4O2S2. The zero-order valence-corrected chi connectivity index (χ0v) is 20.1. The van der Waals surface area contributed by atoms with E-state index in [1.165, 1.54) is 16.9 Å². The Morgan fingerprint density at radius 1 is 1.09 bits per heavy atom. The second kappa shape index (κ2) is 9.49. The van der Waals surface area contributed by atoms with Crippen LogP contribution >= 0.6 is 22.7 Å². The average Bonchev–Trinajstić information content (AvgIpc) is 3.53. The van der Waals surface area contributed by atoms with Crippen molar-refractivity contribution in [3.8, 4) is 0 Å². The number of carbonyl (C=O) groups is 1. The lowest BCUT2D eigenvalue weighted by molar-refractivity contribution is -0.125. The number of benzene rings is 1. The lowest BCUT2D eigenvalue weighted by atomic mass is 9.96. The lowest BCUT2D eigenvalue weighted by Gasteiger charge is -2.33. The lowest BCUT2D eigenvalue weighted by Crippen LogP contribution is -2.42. The van der Waals surface area contributed by atoms with Crippen molar-refractivity contribution in [1.29, 1.82) is 0 Å². The molecule has 1 saturated heterocycles. The first-order valence-corrected chi connectivity index (χ1v) is 12.9. The summed E-state index contributed by atoms with van der Waals surface area (Å²) in [6.45, 7) is 4.53. The van der Waals surface area contributed by atoms with Gasteiger partial charge in [0.2, 0.25) is 11.9 Å². The van der Waals surface area contributed by atoms with Gasteiger partial charge in [-0.15, -0.1) is 22.7 Å². The fourth-order valence-electron chi connectivity index (χ4n) is 4.27. The average molecular weight is 479 g/mol. The highest BCUT2D eigenvalue weighted by Gasteiger charge is 2.27. The van der Waals surface area contributed by atoms with Gasteiger partial charge >= 0.3 is 0 Å². The summed E-state index contributed by atoms with van der Waals surface area (Å²) < 4.78 is 2.48. The van der Waals surface area contributed by atoms with Crippen molar-refractivity contribution in [2.45, 2.75) is 32.9 Å². The number of rotatable bonds is 6. The van der Waals surface area contributed by atoms with Gasteiger partial charge in [-0.05, 0) is 48.2 Å². The molecule has 3 aromatic heterocycles. The number of thiophene rings is 2. The molecule has 1 aromatic carbocycles. The molecule has 1 aliphatic heterocycles. The van der Waals surface area contributed by atoms with Gasteiger partial charge in [0.25, 0.3) is 5.56 Å². The molecule has 0 radical (unpaired) electrons. The molecule has 4 aromatic rings. The normalized spacial score (nSPS) is 14.6. The standard InChI is InChI=1S/C25H26N4O2S2/c1-17-4-6-18(7-5-17)16-29-24(31)22-21(10-14-33-22)27-25(29)28-11-8-19(9-12-28)23(30)26-15-20-3-2-13-32-20/h2-7,10,13-14,19H,8-9,11-12,15-16H2,1H3,(H,26,30). The van der Waals surface area contributed by atoms with E-state index in [4.69, 9.17) is 4.98 Å². The Morgan fingerprint density at radius 3 is 2.61 bits per heavy atom. The number of nitrogens with zero attached hydrogens (tertiary/aromatic N) is 3. The van der Waals surface area contributed by atoms with Gasteiger partial charge in [-0.1, -0.05) is 35.9 Å². The van der Waals surface area contributed by atoms with Gasteiger partial charge in [-0.25, -0.2) is 4.98 Å². The zero-order valence-electron chi connectivity index (χ0n) is 18.5. The Kier molecular flexibility index (Phi) is 6.28. The van der Waals surface area contributed by atoms with Crippen LogP contribution in [0.4, 0.5) is 5.95 Å². The fraction of sp³-hybridized carbons (Fsp3) is 0.320. The van der Waals surface area contributed by atoms with E-state index in [0.717, 1.165) is 28.8 Å². The van der Waals surface area contributed by atoms with E-state index < -0.39 is 0 Å². The molecule has 6 nitrogen and oxygen atoms in total. The summed E-state index contributed by atoms with van der Waals surface area (Å²) >= 11 is 3.09. The zero-order chi connectivity index (χ0) is 22.8. The molecule has 8 heteroatoms. The number of hydrogen-bond donors (Lipinski definition) is 1. The third-order valence-electron chi connectivity index (χ3n) is 6.17. The van der Waals surface area contributed by atoms with E-state index in [-0.39, 0.29) is 17.4 Å². The van der Waals surface area contributed by atoms with Gasteiger partial charge in [-0.2, -0.15) is 0 Å². The SMILES string of the molecule is Cc1ccc(Cn2c(N3CCC(C(=O)NCc4cccs4)CC3)nc3ccsc3c2=O)cc1. The van der Waals surface area contributed by atoms with Crippen molar-refractivity contribution in [1.82, 2.24) is 14.9 Å². The summed E-state index contributed by atoms with van der Waals surface area (Å²) in [5.41, 5.74) is 3.01. The van der Waals surface area contributed by atoms with Crippen LogP contribution in [0.5, 0.6) is 0 Å². The predicted octanol–water partition coefficient (Wildman–Crippen LogP) is 4.41. The maximum absolute atomic E-state index is 13.3. The Hall–Kier alpha value is -2.97. The number of carbonyl (C=O) groups excluding carboxylic acids is 1. The van der Waals surface area contributed by atoms with Crippen molar-refractivity contribution in [3.63, 3.8) is 0 Å². The number of amides is 1. The first-order chi connectivity index (χ1) is 16.1. The Balaban J connectivity index is 1.34. The fourth-order valence-corrected chi connectivity index (χ4v) is 5.69. The molecule has 1 N–H and O–H groups in total. The maximum Gasteiger partial charge on any atom is 0.273 e. The van der Waals surface area contributed by atoms with Crippen molar-refractivity contribution >= 4 is 44.7 Å². The number of nitrogens with one attached hydrogen (secondary N) is 1. The Morgan fingerprint density at radius 2 is 1.88 bits per heavy atom. The molecule has 0 bridgehead atoms. The van der Waals surface area contributed by atoms with Crippen LogP contribution in [0.3, 0.4) is 0 Å². The maximum atomic E-state index is 13.3. The second-order valence-corrected chi connectivity index (χ2v) is 10.4. The summed E-state index contributed by atoms with van der Waals surface area (Å²) in [6, 6.07) is 14.2. The second-order valence-electron chi connectivity index (χ2n) is 8.48. The van der Waals surface area contributed by atoms with Crippen LogP contribution in [-0.2, 0) is 17.9 Å². The van der Waals surface area contributed by atoms with Crippen LogP contribution < -0.4 is 15.8 Å². The Labute approximate surface area is 200 Å². The summed E-state index contributed by atoms with van der Waals surface area (Å²) in [5.74, 6) is 0.800. The van der Waals surface area contributed by atoms with Gasteiger partial charge in [0.1, 0.15) is 4.70 Å². The quantitative estimate of drug-likeness (QED) is 0.446. The first kappa shape index (κ1) is 21.9. The molecule has 1 amide bonds. The predicted molar refractivity (Wildman–Crippen MR) is 135 cm³/mol. The van der Waals surface area contributed by atoms with Crippen LogP contribution in [0.25, 0.3) is 10.2 Å². The molecule has 4 heterocycles. The number of anilines is 1. The summed E-state index contributed by atoms with van der Waals surface area (Å²) in [7, 11) is 0. The van der Waals surface area contributed by atoms with E-state index >= 15 is 0 Å². The third kappa shape index (κ3) is 4.72. The van der Waals surface area contributed by atoms with Gasteiger partial charge < -0.3 is 10.2 Å². The molecule has 1 fully saturated rings. The van der Waals surface area contributed by atoms with E-state index in [1.54, 1.807) is 15.9 Å². The first-order valence-electron chi connectivity index (χ1n) is 11.2. The van der Waals surface area contributed by atoms with Crippen LogP contribution in [-0.4, -0.2) is 28.5 Å². The van der Waals surface area contributed by atoms with Crippen molar-refractivity contribution in [2.24, 2.45) is 5.92 Å². The molecule has 0 aliphatic carbocycles. The van der Waals surface area contributed by atoms with Gasteiger partial charge in [-0.3, -0.25) is 14.2 Å². The number of piperidine rings is 1. The third-order valence-corrected chi connectivity index (χ3v) is 7.94. The van der Waals surface area contributed by atoms with E-state index in [2.05, 4.69) is 41.4 Å². The number of aryl methyl sites for hydroxylation is 1. The van der Waals surface area contributed by atoms with E-state index in [9.17, 15) is 9.59 Å². The molecule has 33 heavy (non-hydrogen) atoms. The molecule has 0 saturated carbocycles. The van der Waals surface area contributed by atoms with Gasteiger partial charge in [0.15, 0.2) is 0 Å². The highest BCUT2D eigenvalue weighted by atomic mass is 32.1. The van der Waals surface area contributed by atoms with Crippen LogP contribution in [0.2, 0.25) is 0 Å². The molecule has 170 valence electrons. The molecule has 0 spiro atoms. The molecule has 1 aliphatic rings. The minimum absolute atomic E-state index is 0.00129. The summed E-state index contributed by atoms with van der Waals surface area (Å²) in [6.07, 6.45) is 1.50.